The molecule has 8 nitrogen and oxygen atoms in total. The number of nitrogens with zero attached hydrogens (tertiary/aromatic N) is 4. The fourth-order valence-corrected chi connectivity index (χ4v) is 3.71. The van der Waals surface area contributed by atoms with Crippen LogP contribution in [-0.2, 0) is 0 Å². The lowest BCUT2D eigenvalue weighted by Gasteiger charge is -2.35. The van der Waals surface area contributed by atoms with E-state index < -0.39 is 0 Å². The maximum Gasteiger partial charge on any atom is 0.321 e. The average molecular weight is 447 g/mol. The zero-order chi connectivity index (χ0) is 23.2. The number of rotatable bonds is 6. The van der Waals surface area contributed by atoms with Gasteiger partial charge in [-0.25, -0.2) is 14.8 Å². The Balaban J connectivity index is 1.34. The molecule has 1 aliphatic rings. The second-order valence-electron chi connectivity index (χ2n) is 8.01. The smallest absolute Gasteiger partial charge is 0.321 e. The Labute approximate surface area is 194 Å². The minimum atomic E-state index is -0.0978. The molecule has 4 rings (SSSR count). The molecule has 0 unspecified atom stereocenters. The molecule has 3 aromatic rings. The largest absolute Gasteiger partial charge is 0.494 e. The molecule has 172 valence electrons. The molecule has 1 saturated heterocycles. The van der Waals surface area contributed by atoms with Crippen molar-refractivity contribution in [3.05, 3.63) is 66.0 Å². The van der Waals surface area contributed by atoms with Gasteiger partial charge in [-0.15, -0.1) is 0 Å². The third-order valence-electron chi connectivity index (χ3n) is 5.46. The maximum atomic E-state index is 12.7. The van der Waals surface area contributed by atoms with E-state index >= 15 is 0 Å². The van der Waals surface area contributed by atoms with E-state index in [2.05, 4.69) is 44.6 Å². The number of urea groups is 1. The van der Waals surface area contributed by atoms with Crippen LogP contribution in [0.15, 0.2) is 54.6 Å². The van der Waals surface area contributed by atoms with Crippen LogP contribution in [-0.4, -0.2) is 53.7 Å². The van der Waals surface area contributed by atoms with Crippen molar-refractivity contribution < 1.29 is 9.53 Å². The second kappa shape index (κ2) is 10.2. The third kappa shape index (κ3) is 5.91. The van der Waals surface area contributed by atoms with Crippen LogP contribution in [0.25, 0.3) is 0 Å². The van der Waals surface area contributed by atoms with E-state index in [0.29, 0.717) is 38.6 Å². The minimum absolute atomic E-state index is 0.0978. The molecule has 0 saturated carbocycles. The number of nitrogens with one attached hydrogen (secondary N) is 2. The number of ether oxygens (including phenoxy) is 1. The van der Waals surface area contributed by atoms with E-state index in [0.717, 1.165) is 28.8 Å². The van der Waals surface area contributed by atoms with Crippen molar-refractivity contribution in [3.63, 3.8) is 0 Å². The summed E-state index contributed by atoms with van der Waals surface area (Å²) in [7, 11) is 0. The molecule has 0 spiro atoms. The summed E-state index contributed by atoms with van der Waals surface area (Å²) in [6.07, 6.45) is 0. The van der Waals surface area contributed by atoms with Gasteiger partial charge in [-0.3, -0.25) is 0 Å². The predicted octanol–water partition coefficient (Wildman–Crippen LogP) is 4.59. The van der Waals surface area contributed by atoms with Crippen molar-refractivity contribution in [2.75, 3.05) is 48.3 Å². The first-order chi connectivity index (χ1) is 16.0. The average Bonchev–Trinajstić information content (AvgIpc) is 2.82. The normalized spacial score (nSPS) is 13.5. The summed E-state index contributed by atoms with van der Waals surface area (Å²) in [5, 5.41) is 6.32. The maximum absolute atomic E-state index is 12.7. The fraction of sp³-hybridized carbons (Fsp3) is 0.320. The van der Waals surface area contributed by atoms with Crippen LogP contribution in [0.5, 0.6) is 5.75 Å². The molecule has 1 aromatic heterocycles. The first-order valence-electron chi connectivity index (χ1n) is 11.2. The number of carbonyl (C=O) groups excluding carboxylic acids is 1. The van der Waals surface area contributed by atoms with E-state index in [-0.39, 0.29) is 6.03 Å². The molecule has 0 aliphatic carbocycles. The number of carbonyl (C=O) groups is 1. The lowest BCUT2D eigenvalue weighted by Crippen LogP contribution is -2.50. The van der Waals surface area contributed by atoms with Crippen LogP contribution in [0.3, 0.4) is 0 Å². The number of anilines is 4. The molecule has 2 heterocycles. The number of benzene rings is 2. The highest BCUT2D eigenvalue weighted by molar-refractivity contribution is 5.89. The van der Waals surface area contributed by atoms with Gasteiger partial charge < -0.3 is 25.2 Å². The van der Waals surface area contributed by atoms with Crippen molar-refractivity contribution in [2.24, 2.45) is 0 Å². The minimum Gasteiger partial charge on any atom is -0.494 e. The summed E-state index contributed by atoms with van der Waals surface area (Å²) in [5.74, 6) is 3.12. The summed E-state index contributed by atoms with van der Waals surface area (Å²) >= 11 is 0. The van der Waals surface area contributed by atoms with Gasteiger partial charge in [0.15, 0.2) is 0 Å². The molecule has 8 heteroatoms. The lowest BCUT2D eigenvalue weighted by molar-refractivity contribution is 0.208. The zero-order valence-corrected chi connectivity index (χ0v) is 19.3. The van der Waals surface area contributed by atoms with E-state index in [1.54, 1.807) is 0 Å². The van der Waals surface area contributed by atoms with Gasteiger partial charge in [0.25, 0.3) is 0 Å². The van der Waals surface area contributed by atoms with Gasteiger partial charge in [-0.1, -0.05) is 17.7 Å². The second-order valence-corrected chi connectivity index (χ2v) is 8.01. The number of hydrogen-bond acceptors (Lipinski definition) is 6. The standard InChI is InChI=1S/C25H30N6O2/c1-4-33-22-11-9-21(10-12-22)29-25(32)31-15-13-30(14-16-31)24-17-23(26-19(3)27-24)28-20-7-5-18(2)6-8-20/h5-12,17H,4,13-16H2,1-3H3,(H,29,32)(H,26,27,28). The summed E-state index contributed by atoms with van der Waals surface area (Å²) in [6, 6.07) is 17.5. The first kappa shape index (κ1) is 22.4. The predicted molar refractivity (Wildman–Crippen MR) is 132 cm³/mol. The topological polar surface area (TPSA) is 82.6 Å². The molecule has 1 fully saturated rings. The van der Waals surface area contributed by atoms with Crippen LogP contribution in [0.4, 0.5) is 27.8 Å². The van der Waals surface area contributed by atoms with Gasteiger partial charge in [0, 0.05) is 43.6 Å². The molecule has 2 aromatic carbocycles. The van der Waals surface area contributed by atoms with Crippen LogP contribution >= 0.6 is 0 Å². The summed E-state index contributed by atoms with van der Waals surface area (Å²) in [6.45, 7) is 9.16. The monoisotopic (exact) mass is 446 g/mol. The molecule has 2 N–H and O–H groups in total. The molecule has 1 aliphatic heterocycles. The number of aryl methyl sites for hydroxylation is 2. The Morgan fingerprint density at radius 1 is 0.939 bits per heavy atom. The Bertz CT molecular complexity index is 1080. The van der Waals surface area contributed by atoms with Gasteiger partial charge in [0.1, 0.15) is 23.2 Å². The van der Waals surface area contributed by atoms with Crippen LogP contribution in [0.2, 0.25) is 0 Å². The van der Waals surface area contributed by atoms with Gasteiger partial charge in [-0.05, 0) is 57.2 Å². The van der Waals surface area contributed by atoms with Gasteiger partial charge >= 0.3 is 6.03 Å². The Hall–Kier alpha value is -3.81. The zero-order valence-electron chi connectivity index (χ0n) is 19.3. The van der Waals surface area contributed by atoms with Crippen molar-refractivity contribution in [1.82, 2.24) is 14.9 Å². The van der Waals surface area contributed by atoms with Crippen molar-refractivity contribution in [1.29, 1.82) is 0 Å². The van der Waals surface area contributed by atoms with E-state index in [1.807, 2.05) is 61.2 Å². The van der Waals surface area contributed by atoms with Crippen LogP contribution < -0.4 is 20.3 Å². The Kier molecular flexibility index (Phi) is 6.92. The highest BCUT2D eigenvalue weighted by Gasteiger charge is 2.22. The highest BCUT2D eigenvalue weighted by Crippen LogP contribution is 2.22. The van der Waals surface area contributed by atoms with Crippen LogP contribution in [0, 0.1) is 13.8 Å². The summed E-state index contributed by atoms with van der Waals surface area (Å²) in [4.78, 5) is 25.8. The number of hydrogen-bond donors (Lipinski definition) is 2. The lowest BCUT2D eigenvalue weighted by atomic mass is 10.2. The number of piperazine rings is 1. The fourth-order valence-electron chi connectivity index (χ4n) is 3.71. The molecule has 0 atom stereocenters. The van der Waals surface area contributed by atoms with Crippen LogP contribution in [0.1, 0.15) is 18.3 Å². The Morgan fingerprint density at radius 2 is 1.61 bits per heavy atom. The van der Waals surface area contributed by atoms with E-state index in [4.69, 9.17) is 4.74 Å². The van der Waals surface area contributed by atoms with E-state index in [9.17, 15) is 4.79 Å². The third-order valence-corrected chi connectivity index (χ3v) is 5.46. The highest BCUT2D eigenvalue weighted by atomic mass is 16.5. The van der Waals surface area contributed by atoms with Gasteiger partial charge in [0.05, 0.1) is 6.61 Å². The molecular formula is C25H30N6O2. The quantitative estimate of drug-likeness (QED) is 0.576. The van der Waals surface area contributed by atoms with Gasteiger partial charge in [-0.2, -0.15) is 0 Å². The molecule has 0 radical (unpaired) electrons. The van der Waals surface area contributed by atoms with Gasteiger partial charge in [0.2, 0.25) is 0 Å². The summed E-state index contributed by atoms with van der Waals surface area (Å²) < 4.78 is 5.45. The number of aromatic nitrogens is 2. The summed E-state index contributed by atoms with van der Waals surface area (Å²) in [5.41, 5.74) is 2.95. The molecule has 2 amide bonds. The van der Waals surface area contributed by atoms with Crippen molar-refractivity contribution >= 4 is 29.0 Å². The molecule has 33 heavy (non-hydrogen) atoms. The Morgan fingerprint density at radius 3 is 2.27 bits per heavy atom. The SMILES string of the molecule is CCOc1ccc(NC(=O)N2CCN(c3cc(Nc4ccc(C)cc4)nc(C)n3)CC2)cc1. The van der Waals surface area contributed by atoms with Crippen molar-refractivity contribution in [3.8, 4) is 5.75 Å². The molecule has 0 bridgehead atoms. The van der Waals surface area contributed by atoms with Crippen molar-refractivity contribution in [2.45, 2.75) is 20.8 Å². The number of amides is 2. The molecular weight excluding hydrogens is 416 g/mol. The van der Waals surface area contributed by atoms with E-state index in [1.165, 1.54) is 5.56 Å². The first-order valence-corrected chi connectivity index (χ1v) is 11.2.